The smallest absolute Gasteiger partial charge is 0.485 e. The van der Waals surface area contributed by atoms with Crippen LogP contribution in [0.2, 0.25) is 0 Å². The van der Waals surface area contributed by atoms with E-state index in [9.17, 15) is 44.3 Å². The van der Waals surface area contributed by atoms with Crippen molar-refractivity contribution in [1.82, 2.24) is 5.32 Å². The largest absolute Gasteiger partial charge is 0.741 e. The molecular weight excluding hydrogens is 856 g/mol. The Morgan fingerprint density at radius 2 is 0.754 bits per heavy atom. The number of halogens is 9. The third kappa shape index (κ3) is 47.0. The molecule has 0 heterocycles. The maximum absolute atomic E-state index is 11.9. The summed E-state index contributed by atoms with van der Waals surface area (Å²) in [5.41, 5.74) is -13.1. The van der Waals surface area contributed by atoms with E-state index < -0.39 is 46.9 Å². The number of alkyl halides is 9. The lowest BCUT2D eigenvalue weighted by Crippen LogP contribution is -2.86. The molecule has 0 spiro atoms. The first-order valence-electron chi connectivity index (χ1n) is 18.8. The molecule has 0 unspecified atom stereocenters. The molecule has 0 rings (SSSR count). The fraction of sp³-hybridized carbons (Fsp3) is 0.968. The Hall–Kier alpha value is -1.55. The summed E-state index contributed by atoms with van der Waals surface area (Å²) >= 11 is 0. The van der Waals surface area contributed by atoms with Crippen LogP contribution in [0.15, 0.2) is 0 Å². The minimum absolute atomic E-state index is 0.252. The molecule has 0 saturated carbocycles. The first-order valence-corrected chi connectivity index (χ1v) is 23.0. The van der Waals surface area contributed by atoms with Gasteiger partial charge in [0, 0.05) is 38.6 Å². The minimum atomic E-state index is -6.09. The van der Waals surface area contributed by atoms with Crippen LogP contribution in [0.5, 0.6) is 0 Å². The highest BCUT2D eigenvalue weighted by molar-refractivity contribution is 7.87. The van der Waals surface area contributed by atoms with Crippen molar-refractivity contribution >= 4 is 36.3 Å². The summed E-state index contributed by atoms with van der Waals surface area (Å²) in [6.45, 7) is 9.01. The molecule has 0 fully saturated rings. The molecule has 0 aromatic rings. The van der Waals surface area contributed by atoms with E-state index in [1.807, 2.05) is 0 Å². The van der Waals surface area contributed by atoms with Crippen LogP contribution in [0.4, 0.5) is 39.5 Å². The maximum Gasteiger partial charge on any atom is 0.485 e. The predicted octanol–water partition coefficient (Wildman–Crippen LogP) is 3.45. The minimum Gasteiger partial charge on any atom is -0.741 e. The molecule has 8 N–H and O–H groups in total. The van der Waals surface area contributed by atoms with Gasteiger partial charge >= 0.3 is 16.5 Å². The topological polar surface area (TPSA) is 262 Å². The van der Waals surface area contributed by atoms with Gasteiger partial charge in [-0.1, -0.05) is 96.8 Å². The SMILES string of the molecule is CCCCCCCCCCCCCCCCCC(=O)NCCC[NH2+]CCCC[NH2+]CCC[NH3+].O=S(=O)([O-])C(F)(F)F.O=S(=O)([O-])C(F)(F)F.O=S(=O)([O-])C(F)(F)F. The second kappa shape index (κ2) is 35.2. The molecule has 57 heavy (non-hydrogen) atoms. The quantitative estimate of drug-likeness (QED) is 0.0385. The lowest BCUT2D eigenvalue weighted by Gasteiger charge is -2.08. The van der Waals surface area contributed by atoms with E-state index in [1.165, 1.54) is 129 Å². The van der Waals surface area contributed by atoms with E-state index in [0.29, 0.717) is 6.42 Å². The lowest BCUT2D eigenvalue weighted by atomic mass is 10.0. The summed E-state index contributed by atoms with van der Waals surface area (Å²) in [5, 5.41) is 7.91. The Labute approximate surface area is 331 Å². The number of carbonyl (C=O) groups is 1. The van der Waals surface area contributed by atoms with Crippen molar-refractivity contribution < 1.29 is 99.6 Å². The third-order valence-electron chi connectivity index (χ3n) is 7.49. The number of rotatable bonds is 28. The Balaban J connectivity index is -0.000000467. The summed E-state index contributed by atoms with van der Waals surface area (Å²) in [6.07, 6.45) is 26.2. The number of nitrogens with one attached hydrogen (secondary N) is 1. The molecule has 0 bridgehead atoms. The molecule has 1 amide bonds. The number of unbranched alkanes of at least 4 members (excludes halogenated alkanes) is 15. The Kier molecular flexibility index (Phi) is 38.4. The summed E-state index contributed by atoms with van der Waals surface area (Å²) in [7, 11) is -18.3. The lowest BCUT2D eigenvalue weighted by molar-refractivity contribution is -0.665. The molecule has 0 aliphatic heterocycles. The van der Waals surface area contributed by atoms with Crippen LogP contribution >= 0.6 is 0 Å². The van der Waals surface area contributed by atoms with Crippen molar-refractivity contribution in [3.63, 3.8) is 0 Å². The van der Waals surface area contributed by atoms with Gasteiger partial charge in [0.05, 0.1) is 32.7 Å². The highest BCUT2D eigenvalue weighted by atomic mass is 32.2. The number of carbonyl (C=O) groups excluding carboxylic acids is 1. The van der Waals surface area contributed by atoms with Crippen molar-refractivity contribution in [1.29, 1.82) is 0 Å². The molecule has 0 atom stereocenters. The number of amides is 1. The van der Waals surface area contributed by atoms with Gasteiger partial charge in [-0.15, -0.1) is 0 Å². The average Bonchev–Trinajstić information content (AvgIpc) is 3.05. The summed E-state index contributed by atoms with van der Waals surface area (Å²) in [4.78, 5) is 11.9. The Bertz CT molecular complexity index is 1190. The molecule has 348 valence electrons. The number of hydrogen-bond acceptors (Lipinski definition) is 10. The van der Waals surface area contributed by atoms with Gasteiger partial charge in [0.15, 0.2) is 30.4 Å². The highest BCUT2D eigenvalue weighted by Gasteiger charge is 2.38. The first-order chi connectivity index (χ1) is 26.1. The fourth-order valence-corrected chi connectivity index (χ4v) is 4.37. The summed E-state index contributed by atoms with van der Waals surface area (Å²) in [6, 6.07) is 0. The normalized spacial score (nSPS) is 12.4. The van der Waals surface area contributed by atoms with E-state index in [2.05, 4.69) is 28.6 Å². The molecule has 0 aliphatic rings. The van der Waals surface area contributed by atoms with E-state index in [0.717, 1.165) is 32.5 Å². The van der Waals surface area contributed by atoms with Gasteiger partial charge in [-0.05, 0) is 6.42 Å². The molecule has 0 aromatic heterocycles. The van der Waals surface area contributed by atoms with E-state index in [1.54, 1.807) is 0 Å². The van der Waals surface area contributed by atoms with Crippen molar-refractivity contribution in [3.8, 4) is 0 Å². The van der Waals surface area contributed by atoms with E-state index >= 15 is 0 Å². The second-order valence-corrected chi connectivity index (χ2v) is 16.9. The van der Waals surface area contributed by atoms with Crippen LogP contribution in [0.25, 0.3) is 0 Å². The molecule has 14 nitrogen and oxygen atoms in total. The van der Waals surface area contributed by atoms with Crippen LogP contribution < -0.4 is 21.7 Å². The standard InChI is InChI=1S/C28H60N4O.3CHF3O3S/c1-2-3-4-5-6-7-8-9-10-11-12-13-14-15-16-21-28(33)32-27-20-26-31-24-18-17-23-30-25-19-22-29;3*2-1(3,4)8(5,6)7/h30-31H,2-27,29H2,1H3,(H,32,33);3*(H,5,6,7). The Morgan fingerprint density at radius 3 is 1.04 bits per heavy atom. The van der Waals surface area contributed by atoms with Gasteiger partial charge in [0.2, 0.25) is 5.91 Å². The molecule has 0 radical (unpaired) electrons. The monoisotopic (exact) mass is 918 g/mol. The summed E-state index contributed by atoms with van der Waals surface area (Å²) in [5.74, 6) is 0.252. The van der Waals surface area contributed by atoms with Gasteiger partial charge in [-0.3, -0.25) is 4.79 Å². The van der Waals surface area contributed by atoms with Gasteiger partial charge in [-0.25, -0.2) is 25.3 Å². The number of hydrogen-bond donors (Lipinski definition) is 4. The van der Waals surface area contributed by atoms with Crippen LogP contribution in [-0.2, 0) is 35.1 Å². The number of quaternary nitrogens is 3. The summed E-state index contributed by atoms with van der Waals surface area (Å²) < 4.78 is 177. The van der Waals surface area contributed by atoms with Gasteiger partial charge < -0.3 is 35.3 Å². The average molecular weight is 919 g/mol. The number of nitrogens with two attached hydrogens (primary N) is 2. The maximum atomic E-state index is 11.9. The van der Waals surface area contributed by atoms with E-state index in [-0.39, 0.29) is 5.91 Å². The van der Waals surface area contributed by atoms with E-state index in [4.69, 9.17) is 38.9 Å². The van der Waals surface area contributed by atoms with Crippen molar-refractivity contribution in [2.24, 2.45) is 0 Å². The second-order valence-electron chi connectivity index (χ2n) is 12.7. The van der Waals surface area contributed by atoms with Crippen LogP contribution in [-0.4, -0.2) is 101 Å². The van der Waals surface area contributed by atoms with Gasteiger partial charge in [0.25, 0.3) is 0 Å². The molecule has 26 heteroatoms. The third-order valence-corrected chi connectivity index (χ3v) is 9.19. The fourth-order valence-electron chi connectivity index (χ4n) is 4.37. The highest BCUT2D eigenvalue weighted by Crippen LogP contribution is 2.22. The predicted molar refractivity (Wildman–Crippen MR) is 189 cm³/mol. The zero-order valence-corrected chi connectivity index (χ0v) is 34.9. The zero-order chi connectivity index (χ0) is 45.1. The van der Waals surface area contributed by atoms with Crippen LogP contribution in [0.3, 0.4) is 0 Å². The first kappa shape index (κ1) is 62.1. The van der Waals surface area contributed by atoms with Crippen molar-refractivity contribution in [2.75, 3.05) is 39.3 Å². The van der Waals surface area contributed by atoms with Crippen LogP contribution in [0.1, 0.15) is 135 Å². The van der Waals surface area contributed by atoms with Crippen LogP contribution in [0, 0.1) is 0 Å². The van der Waals surface area contributed by atoms with Gasteiger partial charge in [-0.2, -0.15) is 39.5 Å². The molecule has 0 aliphatic carbocycles. The van der Waals surface area contributed by atoms with Crippen molar-refractivity contribution in [3.05, 3.63) is 0 Å². The Morgan fingerprint density at radius 1 is 0.491 bits per heavy atom. The van der Waals surface area contributed by atoms with Crippen molar-refractivity contribution in [2.45, 2.75) is 152 Å². The molecular formula is C31H63F9N4O10S3. The molecule has 0 aromatic carbocycles. The van der Waals surface area contributed by atoms with Gasteiger partial charge in [0.1, 0.15) is 0 Å². The molecule has 0 saturated heterocycles. The zero-order valence-electron chi connectivity index (χ0n) is 32.5.